The number of hydrogen-bond donors (Lipinski definition) is 1. The van der Waals surface area contributed by atoms with Crippen molar-refractivity contribution in [3.8, 4) is 0 Å². The molecule has 32 heavy (non-hydrogen) atoms. The molecule has 0 saturated carbocycles. The maximum atomic E-state index is 12.6. The topological polar surface area (TPSA) is 59.5 Å². The number of furan rings is 1. The Morgan fingerprint density at radius 2 is 1.81 bits per heavy atom. The zero-order chi connectivity index (χ0) is 22.1. The maximum absolute atomic E-state index is 12.6. The summed E-state index contributed by atoms with van der Waals surface area (Å²) in [5, 5.41) is 6.07. The Morgan fingerprint density at radius 3 is 2.66 bits per heavy atom. The van der Waals surface area contributed by atoms with Crippen molar-refractivity contribution in [1.29, 1.82) is 0 Å². The van der Waals surface area contributed by atoms with Crippen molar-refractivity contribution >= 4 is 65.9 Å². The standard InChI is InChI=1S/C25H17Br2N3O2/c26-19-10-17-11-23(32-24(17)21(27)12-19)25(31)29-28-13-18-15-30(14-16-6-2-1-3-7-16)22-9-5-4-8-20(18)22/h1-13,15H,14H2,(H,29,31)/b28-13-. The number of hydrazone groups is 1. The quantitative estimate of drug-likeness (QED) is 0.195. The fourth-order valence-electron chi connectivity index (χ4n) is 3.69. The highest BCUT2D eigenvalue weighted by Gasteiger charge is 2.14. The summed E-state index contributed by atoms with van der Waals surface area (Å²) in [6, 6.07) is 23.9. The Labute approximate surface area is 201 Å². The minimum atomic E-state index is -0.409. The molecule has 0 spiro atoms. The van der Waals surface area contributed by atoms with E-state index in [4.69, 9.17) is 4.42 Å². The van der Waals surface area contributed by atoms with Gasteiger partial charge in [0.05, 0.1) is 10.7 Å². The van der Waals surface area contributed by atoms with Crippen molar-refractivity contribution < 1.29 is 9.21 Å². The van der Waals surface area contributed by atoms with Gasteiger partial charge < -0.3 is 8.98 Å². The number of carbonyl (C=O) groups excluding carboxylic acids is 1. The third-order valence-electron chi connectivity index (χ3n) is 5.14. The van der Waals surface area contributed by atoms with E-state index >= 15 is 0 Å². The molecular weight excluding hydrogens is 534 g/mol. The van der Waals surface area contributed by atoms with Crippen LogP contribution in [0.25, 0.3) is 21.9 Å². The molecule has 5 nitrogen and oxygen atoms in total. The van der Waals surface area contributed by atoms with Crippen LogP contribution in [0, 0.1) is 0 Å². The van der Waals surface area contributed by atoms with Gasteiger partial charge in [-0.15, -0.1) is 0 Å². The molecule has 1 amide bonds. The van der Waals surface area contributed by atoms with E-state index in [2.05, 4.69) is 71.2 Å². The molecule has 0 aliphatic carbocycles. The number of carbonyl (C=O) groups is 1. The van der Waals surface area contributed by atoms with Crippen molar-refractivity contribution in [3.05, 3.63) is 105 Å². The summed E-state index contributed by atoms with van der Waals surface area (Å²) in [5.74, 6) is -0.212. The van der Waals surface area contributed by atoms with E-state index in [0.29, 0.717) is 5.58 Å². The van der Waals surface area contributed by atoms with E-state index in [1.165, 1.54) is 5.56 Å². The van der Waals surface area contributed by atoms with Gasteiger partial charge in [0.1, 0.15) is 5.58 Å². The number of hydrogen-bond acceptors (Lipinski definition) is 3. The molecule has 0 saturated heterocycles. The summed E-state index contributed by atoms with van der Waals surface area (Å²) in [6.07, 6.45) is 3.71. The summed E-state index contributed by atoms with van der Waals surface area (Å²) >= 11 is 6.90. The number of para-hydroxylation sites is 1. The molecular formula is C25H17Br2N3O2. The van der Waals surface area contributed by atoms with Gasteiger partial charge in [-0.1, -0.05) is 64.5 Å². The number of benzene rings is 3. The van der Waals surface area contributed by atoms with Gasteiger partial charge in [0.2, 0.25) is 0 Å². The van der Waals surface area contributed by atoms with Crippen LogP contribution in [0.5, 0.6) is 0 Å². The molecule has 7 heteroatoms. The fraction of sp³-hybridized carbons (Fsp3) is 0.0400. The number of amides is 1. The molecule has 0 aliphatic heterocycles. The van der Waals surface area contributed by atoms with Gasteiger partial charge in [-0.3, -0.25) is 4.79 Å². The molecule has 3 aromatic carbocycles. The van der Waals surface area contributed by atoms with Crippen LogP contribution in [0.1, 0.15) is 21.7 Å². The van der Waals surface area contributed by atoms with E-state index < -0.39 is 5.91 Å². The predicted molar refractivity (Wildman–Crippen MR) is 134 cm³/mol. The van der Waals surface area contributed by atoms with Gasteiger partial charge in [0.25, 0.3) is 0 Å². The van der Waals surface area contributed by atoms with Crippen molar-refractivity contribution in [2.24, 2.45) is 5.10 Å². The van der Waals surface area contributed by atoms with Crippen molar-refractivity contribution in [3.63, 3.8) is 0 Å². The number of aromatic nitrogens is 1. The van der Waals surface area contributed by atoms with Crippen LogP contribution in [0.4, 0.5) is 0 Å². The summed E-state index contributed by atoms with van der Waals surface area (Å²) < 4.78 is 9.56. The first-order valence-corrected chi connectivity index (χ1v) is 11.5. The molecule has 0 radical (unpaired) electrons. The highest BCUT2D eigenvalue weighted by Crippen LogP contribution is 2.31. The first-order chi connectivity index (χ1) is 15.6. The number of nitrogens with one attached hydrogen (secondary N) is 1. The van der Waals surface area contributed by atoms with Gasteiger partial charge >= 0.3 is 5.91 Å². The van der Waals surface area contributed by atoms with Crippen LogP contribution in [-0.2, 0) is 6.54 Å². The molecule has 0 fully saturated rings. The lowest BCUT2D eigenvalue weighted by atomic mass is 10.2. The van der Waals surface area contributed by atoms with Crippen LogP contribution < -0.4 is 5.43 Å². The summed E-state index contributed by atoms with van der Waals surface area (Å²) in [5.41, 5.74) is 6.43. The molecule has 0 atom stereocenters. The number of rotatable bonds is 5. The molecule has 2 heterocycles. The minimum Gasteiger partial charge on any atom is -0.450 e. The average molecular weight is 551 g/mol. The number of fused-ring (bicyclic) bond motifs is 2. The third kappa shape index (κ3) is 4.13. The second-order valence-corrected chi connectivity index (χ2v) is 9.10. The minimum absolute atomic E-state index is 0.197. The highest BCUT2D eigenvalue weighted by atomic mass is 79.9. The van der Waals surface area contributed by atoms with Crippen LogP contribution in [-0.4, -0.2) is 16.7 Å². The normalized spacial score (nSPS) is 11.6. The summed E-state index contributed by atoms with van der Waals surface area (Å²) in [4.78, 5) is 12.6. The van der Waals surface area contributed by atoms with E-state index in [9.17, 15) is 4.79 Å². The molecule has 1 N–H and O–H groups in total. The Kier molecular flexibility index (Phi) is 5.68. The lowest BCUT2D eigenvalue weighted by Crippen LogP contribution is -2.16. The van der Waals surface area contributed by atoms with Gasteiger partial charge in [-0.2, -0.15) is 5.10 Å². The fourth-order valence-corrected chi connectivity index (χ4v) is 5.03. The van der Waals surface area contributed by atoms with Gasteiger partial charge in [-0.25, -0.2) is 5.43 Å². The SMILES string of the molecule is O=C(N/N=C\c1cn(Cc2ccccc2)c2ccccc12)c1cc2cc(Br)cc(Br)c2o1. The molecule has 0 unspecified atom stereocenters. The van der Waals surface area contributed by atoms with Gasteiger partial charge in [-0.05, 0) is 45.8 Å². The average Bonchev–Trinajstić information content (AvgIpc) is 3.37. The lowest BCUT2D eigenvalue weighted by molar-refractivity contribution is 0.0929. The molecule has 0 aliphatic rings. The van der Waals surface area contributed by atoms with Crippen LogP contribution in [0.3, 0.4) is 0 Å². The largest absolute Gasteiger partial charge is 0.450 e. The molecule has 158 valence electrons. The summed E-state index contributed by atoms with van der Waals surface area (Å²) in [7, 11) is 0. The Balaban J connectivity index is 1.38. The molecule has 0 bridgehead atoms. The third-order valence-corrected chi connectivity index (χ3v) is 6.19. The smallest absolute Gasteiger partial charge is 0.307 e. The molecule has 5 aromatic rings. The van der Waals surface area contributed by atoms with Crippen LogP contribution in [0.15, 0.2) is 97.5 Å². The lowest BCUT2D eigenvalue weighted by Gasteiger charge is -2.05. The molecule has 5 rings (SSSR count). The number of nitrogens with zero attached hydrogens (tertiary/aromatic N) is 2. The second-order valence-electron chi connectivity index (χ2n) is 7.33. The zero-order valence-corrected chi connectivity index (χ0v) is 19.9. The van der Waals surface area contributed by atoms with Crippen LogP contribution >= 0.6 is 31.9 Å². The van der Waals surface area contributed by atoms with E-state index in [1.54, 1.807) is 12.3 Å². The number of halogens is 2. The Bertz CT molecular complexity index is 1470. The van der Waals surface area contributed by atoms with Gasteiger partial charge in [0, 0.05) is 39.1 Å². The Hall–Kier alpha value is -3.16. The Morgan fingerprint density at radius 1 is 1.03 bits per heavy atom. The van der Waals surface area contributed by atoms with Crippen molar-refractivity contribution in [1.82, 2.24) is 9.99 Å². The van der Waals surface area contributed by atoms with E-state index in [1.807, 2.05) is 48.7 Å². The summed E-state index contributed by atoms with van der Waals surface area (Å²) in [6.45, 7) is 0.755. The van der Waals surface area contributed by atoms with Gasteiger partial charge in [0.15, 0.2) is 5.76 Å². The van der Waals surface area contributed by atoms with Crippen LogP contribution in [0.2, 0.25) is 0 Å². The predicted octanol–water partition coefficient (Wildman–Crippen LogP) is 6.72. The molecule has 2 aromatic heterocycles. The van der Waals surface area contributed by atoms with E-state index in [-0.39, 0.29) is 5.76 Å². The van der Waals surface area contributed by atoms with Crippen molar-refractivity contribution in [2.45, 2.75) is 6.54 Å². The maximum Gasteiger partial charge on any atom is 0.307 e. The van der Waals surface area contributed by atoms with E-state index in [0.717, 1.165) is 37.3 Å². The first-order valence-electron chi connectivity index (χ1n) is 9.92. The highest BCUT2D eigenvalue weighted by molar-refractivity contribution is 9.11. The zero-order valence-electron chi connectivity index (χ0n) is 16.8. The first kappa shape index (κ1) is 20.7. The second kappa shape index (κ2) is 8.76. The monoisotopic (exact) mass is 549 g/mol. The van der Waals surface area contributed by atoms with Crippen molar-refractivity contribution in [2.75, 3.05) is 0 Å².